The Kier molecular flexibility index (Phi) is 5.96. The Morgan fingerprint density at radius 3 is 2.44 bits per heavy atom. The van der Waals surface area contributed by atoms with Gasteiger partial charge in [0.1, 0.15) is 11.5 Å². The van der Waals surface area contributed by atoms with Crippen LogP contribution in [0.15, 0.2) is 46.9 Å². The smallest absolute Gasteiger partial charge is 0.117 e. The van der Waals surface area contributed by atoms with Crippen molar-refractivity contribution in [1.82, 2.24) is 5.32 Å². The second-order valence-electron chi connectivity index (χ2n) is 4.48. The van der Waals surface area contributed by atoms with Gasteiger partial charge in [0, 0.05) is 6.04 Å². The maximum Gasteiger partial charge on any atom is 0.117 e. The van der Waals surface area contributed by atoms with Crippen LogP contribution in [0.2, 0.25) is 0 Å². The number of benzene rings is 1. The molecule has 0 aliphatic heterocycles. The molecule has 2 aromatic rings. The molecule has 2 nitrogen and oxygen atoms in total. The molecule has 1 heterocycles. The largest absolute Gasteiger partial charge is 0.465 e. The van der Waals surface area contributed by atoms with Crippen LogP contribution in [0.5, 0.6) is 0 Å². The molecule has 18 heavy (non-hydrogen) atoms. The first-order valence-corrected chi connectivity index (χ1v) is 6.06. The minimum atomic E-state index is 0. The summed E-state index contributed by atoms with van der Waals surface area (Å²) >= 11 is 0. The summed E-state index contributed by atoms with van der Waals surface area (Å²) in [5.74, 6) is 1.97. The lowest BCUT2D eigenvalue weighted by Crippen LogP contribution is -2.27. The summed E-state index contributed by atoms with van der Waals surface area (Å²) < 4.78 is 5.52. The fourth-order valence-corrected chi connectivity index (χ4v) is 1.89. The van der Waals surface area contributed by atoms with E-state index in [4.69, 9.17) is 4.42 Å². The third-order valence-electron chi connectivity index (χ3n) is 2.81. The maximum absolute atomic E-state index is 5.52. The predicted octanol–water partition coefficient (Wildman–Crippen LogP) is 3.73. The van der Waals surface area contributed by atoms with E-state index in [-0.39, 0.29) is 12.4 Å². The molecule has 0 bridgehead atoms. The van der Waals surface area contributed by atoms with E-state index < -0.39 is 0 Å². The van der Waals surface area contributed by atoms with Gasteiger partial charge in [0.2, 0.25) is 0 Å². The molecule has 1 atom stereocenters. The zero-order valence-corrected chi connectivity index (χ0v) is 11.7. The van der Waals surface area contributed by atoms with Gasteiger partial charge in [-0.3, -0.25) is 0 Å². The Morgan fingerprint density at radius 1 is 1.11 bits per heavy atom. The summed E-state index contributed by atoms with van der Waals surface area (Å²) in [4.78, 5) is 0. The van der Waals surface area contributed by atoms with Crippen molar-refractivity contribution in [3.63, 3.8) is 0 Å². The number of aryl methyl sites for hydroxylation is 1. The van der Waals surface area contributed by atoms with Crippen molar-refractivity contribution in [1.29, 1.82) is 0 Å². The summed E-state index contributed by atoms with van der Waals surface area (Å²) in [6.45, 7) is 4.96. The van der Waals surface area contributed by atoms with Gasteiger partial charge in [-0.05, 0) is 38.0 Å². The zero-order chi connectivity index (χ0) is 12.1. The van der Waals surface area contributed by atoms with Crippen molar-refractivity contribution in [2.24, 2.45) is 0 Å². The summed E-state index contributed by atoms with van der Waals surface area (Å²) in [6.07, 6.45) is 1.04. The van der Waals surface area contributed by atoms with Crippen LogP contribution < -0.4 is 5.32 Å². The van der Waals surface area contributed by atoms with Crippen molar-refractivity contribution in [2.75, 3.05) is 0 Å². The van der Waals surface area contributed by atoms with Crippen LogP contribution in [0.25, 0.3) is 0 Å². The van der Waals surface area contributed by atoms with E-state index in [9.17, 15) is 0 Å². The van der Waals surface area contributed by atoms with Gasteiger partial charge in [-0.15, -0.1) is 12.4 Å². The third kappa shape index (κ3) is 4.55. The van der Waals surface area contributed by atoms with Crippen LogP contribution in [0.1, 0.15) is 24.0 Å². The van der Waals surface area contributed by atoms with Gasteiger partial charge < -0.3 is 9.73 Å². The summed E-state index contributed by atoms with van der Waals surface area (Å²) in [5, 5.41) is 3.47. The van der Waals surface area contributed by atoms with Crippen molar-refractivity contribution in [3.05, 3.63) is 59.5 Å². The minimum absolute atomic E-state index is 0. The molecule has 0 aliphatic rings. The minimum Gasteiger partial charge on any atom is -0.465 e. The second-order valence-corrected chi connectivity index (χ2v) is 4.48. The van der Waals surface area contributed by atoms with E-state index in [1.54, 1.807) is 0 Å². The molecular formula is C15H20ClNO. The van der Waals surface area contributed by atoms with Gasteiger partial charge in [-0.2, -0.15) is 0 Å². The summed E-state index contributed by atoms with van der Waals surface area (Å²) in [6, 6.07) is 15.0. The van der Waals surface area contributed by atoms with Gasteiger partial charge >= 0.3 is 0 Å². The first-order valence-electron chi connectivity index (χ1n) is 6.06. The van der Waals surface area contributed by atoms with Gasteiger partial charge in [0.05, 0.1) is 6.54 Å². The Bertz CT molecular complexity index is 453. The lowest BCUT2D eigenvalue weighted by atomic mass is 10.1. The average molecular weight is 266 g/mol. The average Bonchev–Trinajstić information content (AvgIpc) is 2.74. The van der Waals surface area contributed by atoms with Crippen LogP contribution in [-0.2, 0) is 13.0 Å². The highest BCUT2D eigenvalue weighted by Gasteiger charge is 2.04. The summed E-state index contributed by atoms with van der Waals surface area (Å²) in [5.41, 5.74) is 1.36. The van der Waals surface area contributed by atoms with E-state index in [2.05, 4.69) is 36.5 Å². The fraction of sp³-hybridized carbons (Fsp3) is 0.333. The highest BCUT2D eigenvalue weighted by atomic mass is 35.5. The lowest BCUT2D eigenvalue weighted by Gasteiger charge is -2.12. The van der Waals surface area contributed by atoms with Crippen LogP contribution in [0, 0.1) is 6.92 Å². The van der Waals surface area contributed by atoms with E-state index in [0.29, 0.717) is 6.04 Å². The van der Waals surface area contributed by atoms with E-state index >= 15 is 0 Å². The van der Waals surface area contributed by atoms with Crippen molar-refractivity contribution < 1.29 is 4.42 Å². The molecule has 3 heteroatoms. The first kappa shape index (κ1) is 14.8. The molecule has 0 spiro atoms. The van der Waals surface area contributed by atoms with Crippen molar-refractivity contribution in [2.45, 2.75) is 32.9 Å². The third-order valence-corrected chi connectivity index (χ3v) is 2.81. The summed E-state index contributed by atoms with van der Waals surface area (Å²) in [7, 11) is 0. The molecule has 0 fully saturated rings. The van der Waals surface area contributed by atoms with Crippen LogP contribution in [0.3, 0.4) is 0 Å². The van der Waals surface area contributed by atoms with Gasteiger partial charge in [0.15, 0.2) is 0 Å². The Labute approximate surface area is 115 Å². The molecule has 0 saturated carbocycles. The molecule has 0 aliphatic carbocycles. The Morgan fingerprint density at radius 2 is 1.83 bits per heavy atom. The number of halogens is 1. The number of furan rings is 1. The van der Waals surface area contributed by atoms with Crippen LogP contribution >= 0.6 is 12.4 Å². The zero-order valence-electron chi connectivity index (χ0n) is 10.8. The molecule has 1 aromatic carbocycles. The quantitative estimate of drug-likeness (QED) is 0.891. The lowest BCUT2D eigenvalue weighted by molar-refractivity contribution is 0.439. The number of rotatable bonds is 5. The van der Waals surface area contributed by atoms with Gasteiger partial charge in [0.25, 0.3) is 0 Å². The monoisotopic (exact) mass is 265 g/mol. The topological polar surface area (TPSA) is 25.2 Å². The van der Waals surface area contributed by atoms with Crippen LogP contribution in [-0.4, -0.2) is 6.04 Å². The highest BCUT2D eigenvalue weighted by molar-refractivity contribution is 5.85. The van der Waals surface area contributed by atoms with Crippen LogP contribution in [0.4, 0.5) is 0 Å². The molecule has 0 radical (unpaired) electrons. The normalized spacial score (nSPS) is 11.9. The Balaban J connectivity index is 0.00000162. The molecule has 98 valence electrons. The van der Waals surface area contributed by atoms with Crippen molar-refractivity contribution >= 4 is 12.4 Å². The van der Waals surface area contributed by atoms with E-state index in [1.165, 1.54) is 5.56 Å². The standard InChI is InChI=1S/C15H19NO.ClH/c1-12(10-14-6-4-3-5-7-14)16-11-15-9-8-13(2)17-15;/h3-9,12,16H,10-11H2,1-2H3;1H. The second kappa shape index (κ2) is 7.24. The van der Waals surface area contributed by atoms with Gasteiger partial charge in [-0.25, -0.2) is 0 Å². The molecule has 1 aromatic heterocycles. The number of hydrogen-bond donors (Lipinski definition) is 1. The molecule has 0 saturated heterocycles. The predicted molar refractivity (Wildman–Crippen MR) is 77.1 cm³/mol. The van der Waals surface area contributed by atoms with E-state index in [1.807, 2.05) is 25.1 Å². The molecule has 1 unspecified atom stereocenters. The molecule has 2 rings (SSSR count). The maximum atomic E-state index is 5.52. The number of nitrogens with one attached hydrogen (secondary N) is 1. The van der Waals surface area contributed by atoms with Crippen molar-refractivity contribution in [3.8, 4) is 0 Å². The molecule has 1 N–H and O–H groups in total. The fourth-order valence-electron chi connectivity index (χ4n) is 1.89. The van der Waals surface area contributed by atoms with E-state index in [0.717, 1.165) is 24.5 Å². The van der Waals surface area contributed by atoms with Gasteiger partial charge in [-0.1, -0.05) is 30.3 Å². The number of hydrogen-bond acceptors (Lipinski definition) is 2. The SMILES string of the molecule is Cc1ccc(CNC(C)Cc2ccccc2)o1.Cl. The molecule has 0 amide bonds. The first-order chi connectivity index (χ1) is 8.24. The highest BCUT2D eigenvalue weighted by Crippen LogP contribution is 2.07. The Hall–Kier alpha value is -1.25. The molecular weight excluding hydrogens is 246 g/mol.